The lowest BCUT2D eigenvalue weighted by Gasteiger charge is -2.39. The van der Waals surface area contributed by atoms with Crippen molar-refractivity contribution in [3.8, 4) is 0 Å². The largest absolute Gasteiger partial charge is 0.354 e. The molecule has 17 heavy (non-hydrogen) atoms. The maximum absolute atomic E-state index is 13.5. The van der Waals surface area contributed by atoms with E-state index in [4.69, 9.17) is 0 Å². The average Bonchev–Trinajstić information content (AvgIpc) is 2.31. The van der Waals surface area contributed by atoms with Crippen LogP contribution in [0.3, 0.4) is 0 Å². The number of aromatic nitrogens is 1. The van der Waals surface area contributed by atoms with Gasteiger partial charge in [0.15, 0.2) is 11.6 Å². The molecule has 0 bridgehead atoms. The fraction of sp³-hybridized carbons (Fsp3) is 0.583. The van der Waals surface area contributed by atoms with Crippen LogP contribution in [0.4, 0.5) is 14.6 Å². The predicted octanol–water partition coefficient (Wildman–Crippen LogP) is 1.94. The van der Waals surface area contributed by atoms with Gasteiger partial charge in [-0.3, -0.25) is 0 Å². The van der Waals surface area contributed by atoms with E-state index in [0.717, 1.165) is 38.2 Å². The molecule has 0 aromatic carbocycles. The van der Waals surface area contributed by atoms with E-state index in [1.54, 1.807) is 0 Å². The van der Waals surface area contributed by atoms with Gasteiger partial charge in [-0.05, 0) is 26.8 Å². The summed E-state index contributed by atoms with van der Waals surface area (Å²) in [5, 5.41) is 3.28. The summed E-state index contributed by atoms with van der Waals surface area (Å²) < 4.78 is 26.3. The fourth-order valence-corrected chi connectivity index (χ4v) is 2.10. The van der Waals surface area contributed by atoms with Gasteiger partial charge in [0.2, 0.25) is 0 Å². The number of piperidine rings is 1. The summed E-state index contributed by atoms with van der Waals surface area (Å²) in [5.41, 5.74) is 0.104. The molecule has 2 heterocycles. The zero-order valence-electron chi connectivity index (χ0n) is 10.1. The van der Waals surface area contributed by atoms with Gasteiger partial charge in [-0.2, -0.15) is 0 Å². The Labute approximate surface area is 99.8 Å². The number of rotatable bonds is 2. The van der Waals surface area contributed by atoms with Gasteiger partial charge in [-0.15, -0.1) is 0 Å². The molecule has 94 valence electrons. The Hall–Kier alpha value is -1.23. The highest BCUT2D eigenvalue weighted by atomic mass is 19.1. The van der Waals surface area contributed by atoms with Crippen molar-refractivity contribution < 1.29 is 8.78 Å². The van der Waals surface area contributed by atoms with Crippen LogP contribution in [0.25, 0.3) is 0 Å². The standard InChI is InChI=1S/C12H17F2N3/c1-12(15-2)3-5-17(6-4-12)11-10(14)7-9(13)8-16-11/h7-8,15H,3-6H2,1-2H3. The van der Waals surface area contributed by atoms with E-state index >= 15 is 0 Å². The molecule has 0 radical (unpaired) electrons. The van der Waals surface area contributed by atoms with Crippen molar-refractivity contribution in [2.45, 2.75) is 25.3 Å². The van der Waals surface area contributed by atoms with Crippen LogP contribution < -0.4 is 10.2 Å². The summed E-state index contributed by atoms with van der Waals surface area (Å²) in [7, 11) is 1.94. The second-order valence-corrected chi connectivity index (χ2v) is 4.76. The van der Waals surface area contributed by atoms with Crippen LogP contribution in [0, 0.1) is 11.6 Å². The van der Waals surface area contributed by atoms with Crippen LogP contribution in [0.15, 0.2) is 12.3 Å². The molecule has 0 atom stereocenters. The van der Waals surface area contributed by atoms with Gasteiger partial charge in [0.05, 0.1) is 6.20 Å². The molecule has 2 rings (SSSR count). The summed E-state index contributed by atoms with van der Waals surface area (Å²) in [4.78, 5) is 5.70. The Morgan fingerprint density at radius 2 is 2.00 bits per heavy atom. The lowest BCUT2D eigenvalue weighted by atomic mass is 9.90. The maximum Gasteiger partial charge on any atom is 0.168 e. The van der Waals surface area contributed by atoms with E-state index < -0.39 is 11.6 Å². The molecule has 5 heteroatoms. The number of halogens is 2. The molecule has 1 saturated heterocycles. The quantitative estimate of drug-likeness (QED) is 0.857. The number of hydrogen-bond acceptors (Lipinski definition) is 3. The van der Waals surface area contributed by atoms with Crippen LogP contribution in [-0.4, -0.2) is 30.7 Å². The average molecular weight is 241 g/mol. The minimum atomic E-state index is -0.636. The molecule has 1 fully saturated rings. The highest BCUT2D eigenvalue weighted by molar-refractivity contribution is 5.40. The summed E-state index contributed by atoms with van der Waals surface area (Å²) >= 11 is 0. The van der Waals surface area contributed by atoms with Crippen LogP contribution >= 0.6 is 0 Å². The first-order chi connectivity index (χ1) is 8.04. The molecule has 0 aliphatic carbocycles. The first-order valence-electron chi connectivity index (χ1n) is 5.79. The predicted molar refractivity (Wildman–Crippen MR) is 63.1 cm³/mol. The van der Waals surface area contributed by atoms with E-state index in [2.05, 4.69) is 17.2 Å². The molecular weight excluding hydrogens is 224 g/mol. The third kappa shape index (κ3) is 2.54. The molecule has 0 saturated carbocycles. The van der Waals surface area contributed by atoms with Crippen molar-refractivity contribution in [2.75, 3.05) is 25.0 Å². The number of nitrogens with one attached hydrogen (secondary N) is 1. The second kappa shape index (κ2) is 4.56. The molecule has 3 nitrogen and oxygen atoms in total. The molecule has 1 aliphatic rings. The summed E-state index contributed by atoms with van der Waals surface area (Å²) in [6, 6.07) is 0.883. The van der Waals surface area contributed by atoms with E-state index in [9.17, 15) is 8.78 Å². The molecule has 1 aromatic heterocycles. The highest BCUT2D eigenvalue weighted by Gasteiger charge is 2.29. The van der Waals surface area contributed by atoms with E-state index in [1.807, 2.05) is 11.9 Å². The molecule has 1 aliphatic heterocycles. The second-order valence-electron chi connectivity index (χ2n) is 4.76. The van der Waals surface area contributed by atoms with Crippen LogP contribution in [-0.2, 0) is 0 Å². The summed E-state index contributed by atoms with van der Waals surface area (Å²) in [5.74, 6) is -0.967. The third-order valence-electron chi connectivity index (χ3n) is 3.56. The number of pyridine rings is 1. The number of hydrogen-bond donors (Lipinski definition) is 1. The van der Waals surface area contributed by atoms with Crippen molar-refractivity contribution in [1.82, 2.24) is 10.3 Å². The van der Waals surface area contributed by atoms with Gasteiger partial charge in [-0.1, -0.05) is 0 Å². The maximum atomic E-state index is 13.5. The molecule has 0 amide bonds. The molecular formula is C12H17F2N3. The molecule has 1 N–H and O–H groups in total. The first-order valence-corrected chi connectivity index (χ1v) is 5.79. The van der Waals surface area contributed by atoms with Crippen LogP contribution in [0.2, 0.25) is 0 Å². The third-order valence-corrected chi connectivity index (χ3v) is 3.56. The normalized spacial score (nSPS) is 19.4. The van der Waals surface area contributed by atoms with Crippen molar-refractivity contribution in [3.05, 3.63) is 23.9 Å². The topological polar surface area (TPSA) is 28.2 Å². The van der Waals surface area contributed by atoms with E-state index in [-0.39, 0.29) is 11.4 Å². The summed E-state index contributed by atoms with van der Waals surface area (Å²) in [6.07, 6.45) is 2.90. The Morgan fingerprint density at radius 3 is 2.53 bits per heavy atom. The van der Waals surface area contributed by atoms with Crippen molar-refractivity contribution in [2.24, 2.45) is 0 Å². The van der Waals surface area contributed by atoms with Gasteiger partial charge in [-0.25, -0.2) is 13.8 Å². The Bertz CT molecular complexity index is 401. The van der Waals surface area contributed by atoms with E-state index in [0.29, 0.717) is 0 Å². The van der Waals surface area contributed by atoms with Gasteiger partial charge in [0.1, 0.15) is 5.82 Å². The number of anilines is 1. The van der Waals surface area contributed by atoms with Crippen LogP contribution in [0.1, 0.15) is 19.8 Å². The lowest BCUT2D eigenvalue weighted by molar-refractivity contribution is 0.303. The Morgan fingerprint density at radius 1 is 1.35 bits per heavy atom. The minimum Gasteiger partial charge on any atom is -0.354 e. The van der Waals surface area contributed by atoms with Crippen molar-refractivity contribution in [3.63, 3.8) is 0 Å². The molecule has 1 aromatic rings. The van der Waals surface area contributed by atoms with Gasteiger partial charge in [0, 0.05) is 24.7 Å². The minimum absolute atomic E-state index is 0.104. The zero-order chi connectivity index (χ0) is 12.5. The van der Waals surface area contributed by atoms with Gasteiger partial charge in [0.25, 0.3) is 0 Å². The Balaban J connectivity index is 2.10. The Kier molecular flexibility index (Phi) is 3.28. The monoisotopic (exact) mass is 241 g/mol. The summed E-state index contributed by atoms with van der Waals surface area (Å²) in [6.45, 7) is 3.61. The SMILES string of the molecule is CNC1(C)CCN(c2ncc(F)cc2F)CC1. The van der Waals surface area contributed by atoms with Crippen molar-refractivity contribution >= 4 is 5.82 Å². The van der Waals surface area contributed by atoms with E-state index in [1.165, 1.54) is 0 Å². The lowest BCUT2D eigenvalue weighted by Crippen LogP contribution is -2.50. The first kappa shape index (κ1) is 12.2. The zero-order valence-corrected chi connectivity index (χ0v) is 10.1. The molecule has 0 spiro atoms. The van der Waals surface area contributed by atoms with Gasteiger partial charge >= 0.3 is 0 Å². The highest BCUT2D eigenvalue weighted by Crippen LogP contribution is 2.26. The number of nitrogens with zero attached hydrogens (tertiary/aromatic N) is 2. The smallest absolute Gasteiger partial charge is 0.168 e. The van der Waals surface area contributed by atoms with Crippen LogP contribution in [0.5, 0.6) is 0 Å². The fourth-order valence-electron chi connectivity index (χ4n) is 2.10. The molecule has 0 unspecified atom stereocenters. The van der Waals surface area contributed by atoms with Crippen molar-refractivity contribution in [1.29, 1.82) is 0 Å². The van der Waals surface area contributed by atoms with Gasteiger partial charge < -0.3 is 10.2 Å².